The van der Waals surface area contributed by atoms with Gasteiger partial charge in [-0.05, 0) is 17.7 Å². The molecule has 0 aliphatic heterocycles. The number of ether oxygens (including phenoxy) is 1. The Morgan fingerprint density at radius 1 is 1.21 bits per heavy atom. The Labute approximate surface area is 146 Å². The average Bonchev–Trinajstić information content (AvgIpc) is 2.61. The largest absolute Gasteiger partial charge is 0.495 e. The number of nitrogens with zero attached hydrogens (tertiary/aromatic N) is 1. The Balaban J connectivity index is 2.42. The number of rotatable bonds is 8. The lowest BCUT2D eigenvalue weighted by Crippen LogP contribution is -2.48. The van der Waals surface area contributed by atoms with Gasteiger partial charge in [0.25, 0.3) is 10.0 Å². The molecule has 0 spiro atoms. The molecule has 0 aliphatic rings. The first-order chi connectivity index (χ1) is 11.5. The van der Waals surface area contributed by atoms with Crippen molar-refractivity contribution in [3.63, 3.8) is 0 Å². The number of aliphatic hydroxyl groups excluding tert-OH is 1. The second-order valence-electron chi connectivity index (χ2n) is 4.86. The number of hydrogen-bond donors (Lipinski definition) is 2. The summed E-state index contributed by atoms with van der Waals surface area (Å²) in [5.41, 5.74) is 3.24. The van der Waals surface area contributed by atoms with E-state index in [9.17, 15) is 13.5 Å². The Bertz CT molecular complexity index is 782. The highest BCUT2D eigenvalue weighted by molar-refractivity contribution is 7.89. The zero-order chi connectivity index (χ0) is 17.6. The normalized spacial score (nSPS) is 12.8. The maximum Gasteiger partial charge on any atom is 0.259 e. The summed E-state index contributed by atoms with van der Waals surface area (Å²) in [6, 6.07) is 15.3. The van der Waals surface area contributed by atoms with E-state index in [0.29, 0.717) is 0 Å². The molecule has 0 amide bonds. The van der Waals surface area contributed by atoms with Gasteiger partial charge < -0.3 is 9.84 Å². The van der Waals surface area contributed by atoms with E-state index < -0.39 is 16.3 Å². The maximum atomic E-state index is 13.0. The van der Waals surface area contributed by atoms with Gasteiger partial charge in [-0.3, -0.25) is 0 Å². The zero-order valence-corrected chi connectivity index (χ0v) is 14.6. The van der Waals surface area contributed by atoms with Crippen LogP contribution in [0.15, 0.2) is 59.5 Å². The molecule has 6 nitrogen and oxygen atoms in total. The first-order valence-corrected chi connectivity index (χ1v) is 8.99. The van der Waals surface area contributed by atoms with Crippen molar-refractivity contribution in [3.05, 3.63) is 60.2 Å². The fourth-order valence-corrected chi connectivity index (χ4v) is 3.60. The topological polar surface area (TPSA) is 78.9 Å². The second-order valence-corrected chi connectivity index (χ2v) is 6.96. The first kappa shape index (κ1) is 18.5. The number of hydrogen-bond acceptors (Lipinski definition) is 6. The van der Waals surface area contributed by atoms with Crippen LogP contribution in [-0.2, 0) is 16.6 Å². The van der Waals surface area contributed by atoms with E-state index in [-0.39, 0.29) is 17.2 Å². The summed E-state index contributed by atoms with van der Waals surface area (Å²) in [7, 11) is -2.58. The first-order valence-electron chi connectivity index (χ1n) is 7.08. The van der Waals surface area contributed by atoms with Gasteiger partial charge in [-0.25, -0.2) is 13.8 Å². The molecule has 128 valence electrons. The number of hydrazine groups is 1. The van der Waals surface area contributed by atoms with Gasteiger partial charge in [0.15, 0.2) is 0 Å². The molecule has 0 heterocycles. The third-order valence-corrected chi connectivity index (χ3v) is 5.18. The zero-order valence-electron chi connectivity index (χ0n) is 13.0. The molecule has 2 N–H and O–H groups in total. The maximum absolute atomic E-state index is 13.0. The highest BCUT2D eigenvalue weighted by Crippen LogP contribution is 2.26. The van der Waals surface area contributed by atoms with Crippen molar-refractivity contribution < 1.29 is 18.3 Å². The molecule has 0 aliphatic carbocycles. The van der Waals surface area contributed by atoms with Gasteiger partial charge in [0.1, 0.15) is 16.9 Å². The molecule has 0 saturated heterocycles. The van der Waals surface area contributed by atoms with E-state index >= 15 is 0 Å². The van der Waals surface area contributed by atoms with Crippen molar-refractivity contribution in [2.75, 3.05) is 7.11 Å². The highest BCUT2D eigenvalue weighted by Gasteiger charge is 2.29. The fraction of sp³-hybridized carbons (Fsp3) is 0.188. The molecule has 24 heavy (non-hydrogen) atoms. The van der Waals surface area contributed by atoms with E-state index in [1.165, 1.54) is 13.2 Å². The quantitative estimate of drug-likeness (QED) is 0.421. The number of benzene rings is 2. The molecule has 0 bridgehead atoms. The van der Waals surface area contributed by atoms with Crippen molar-refractivity contribution in [1.29, 1.82) is 0 Å². The number of nitrogens with one attached hydrogen (secondary N) is 1. The summed E-state index contributed by atoms with van der Waals surface area (Å²) in [5, 5.41) is 10.8. The summed E-state index contributed by atoms with van der Waals surface area (Å²) in [6.07, 6.45) is -1.28. The minimum Gasteiger partial charge on any atom is -0.495 e. The van der Waals surface area contributed by atoms with Crippen LogP contribution in [0.25, 0.3) is 0 Å². The summed E-state index contributed by atoms with van der Waals surface area (Å²) in [4.78, 5) is -0.00694. The lowest BCUT2D eigenvalue weighted by molar-refractivity contribution is 0.133. The van der Waals surface area contributed by atoms with Crippen molar-refractivity contribution in [1.82, 2.24) is 9.84 Å². The number of para-hydroxylation sites is 1. The van der Waals surface area contributed by atoms with Crippen LogP contribution in [0.2, 0.25) is 0 Å². The van der Waals surface area contributed by atoms with Crippen molar-refractivity contribution in [2.24, 2.45) is 0 Å². The van der Waals surface area contributed by atoms with E-state index in [1.54, 1.807) is 42.5 Å². The van der Waals surface area contributed by atoms with Gasteiger partial charge in [0.2, 0.25) is 0 Å². The standard InChI is InChI=1S/C16H18N2O4S2/c1-22-14-9-5-6-10-15(14)24(20,21)18(17-16(19)12-23)11-13-7-3-2-4-8-13/h2-10,12,16-17,19H,11H2,1H3. The van der Waals surface area contributed by atoms with E-state index in [1.807, 2.05) is 6.07 Å². The van der Waals surface area contributed by atoms with Gasteiger partial charge in [0.05, 0.1) is 13.7 Å². The number of thiocarbonyl (C=S) groups is 1. The molecule has 1 unspecified atom stereocenters. The molecule has 1 atom stereocenters. The highest BCUT2D eigenvalue weighted by atomic mass is 32.2. The van der Waals surface area contributed by atoms with E-state index in [4.69, 9.17) is 4.74 Å². The van der Waals surface area contributed by atoms with Crippen molar-refractivity contribution >= 4 is 27.6 Å². The smallest absolute Gasteiger partial charge is 0.259 e. The number of aliphatic hydroxyl groups is 1. The van der Waals surface area contributed by atoms with Gasteiger partial charge in [-0.1, -0.05) is 54.7 Å². The second kappa shape index (κ2) is 8.32. The molecule has 0 radical (unpaired) electrons. The summed E-state index contributed by atoms with van der Waals surface area (Å²) in [6.45, 7) is 0.0153. The van der Waals surface area contributed by atoms with Crippen LogP contribution in [0, 0.1) is 0 Å². The molecular formula is C16H18N2O4S2. The van der Waals surface area contributed by atoms with Gasteiger partial charge in [-0.2, -0.15) is 0 Å². The van der Waals surface area contributed by atoms with Crippen LogP contribution >= 0.6 is 12.2 Å². The lowest BCUT2D eigenvalue weighted by atomic mass is 10.2. The lowest BCUT2D eigenvalue weighted by Gasteiger charge is -2.25. The molecule has 0 fully saturated rings. The van der Waals surface area contributed by atoms with Crippen molar-refractivity contribution in [2.45, 2.75) is 17.7 Å². The van der Waals surface area contributed by atoms with Gasteiger partial charge in [-0.15, -0.1) is 4.41 Å². The number of methoxy groups -OCH3 is 1. The summed E-state index contributed by atoms with van der Waals surface area (Å²) >= 11 is 4.66. The van der Waals surface area contributed by atoms with Crippen LogP contribution in [-0.4, -0.2) is 36.6 Å². The third-order valence-electron chi connectivity index (χ3n) is 3.21. The Hall–Kier alpha value is -1.84. The molecule has 8 heteroatoms. The fourth-order valence-electron chi connectivity index (χ4n) is 2.08. The predicted octanol–water partition coefficient (Wildman–Crippen LogP) is 1.71. The molecule has 2 aromatic carbocycles. The van der Waals surface area contributed by atoms with Crippen LogP contribution in [0.3, 0.4) is 0 Å². The average molecular weight is 366 g/mol. The monoisotopic (exact) mass is 366 g/mol. The van der Waals surface area contributed by atoms with Crippen LogP contribution in [0.4, 0.5) is 0 Å². The Morgan fingerprint density at radius 2 is 1.83 bits per heavy atom. The SMILES string of the molecule is COc1ccccc1S(=O)(=O)N(Cc1ccccc1)NC(O)C=S. The summed E-state index contributed by atoms with van der Waals surface area (Å²) < 4.78 is 32.1. The van der Waals surface area contributed by atoms with E-state index in [0.717, 1.165) is 15.3 Å². The van der Waals surface area contributed by atoms with Crippen LogP contribution in [0.1, 0.15) is 5.56 Å². The molecule has 2 rings (SSSR count). The minimum absolute atomic E-state index is 0.00694. The minimum atomic E-state index is -3.98. The molecule has 2 aromatic rings. The van der Waals surface area contributed by atoms with Gasteiger partial charge in [0, 0.05) is 5.37 Å². The number of sulfonamides is 1. The van der Waals surface area contributed by atoms with Gasteiger partial charge >= 0.3 is 0 Å². The Kier molecular flexibility index (Phi) is 6.41. The van der Waals surface area contributed by atoms with E-state index in [2.05, 4.69) is 17.6 Å². The molecule has 0 saturated carbocycles. The predicted molar refractivity (Wildman–Crippen MR) is 95.0 cm³/mol. The molecule has 0 aromatic heterocycles. The van der Waals surface area contributed by atoms with Crippen LogP contribution in [0.5, 0.6) is 5.75 Å². The Morgan fingerprint density at radius 3 is 2.46 bits per heavy atom. The summed E-state index contributed by atoms with van der Waals surface area (Å²) in [5.74, 6) is 0.217. The van der Waals surface area contributed by atoms with Crippen LogP contribution < -0.4 is 10.2 Å². The molecular weight excluding hydrogens is 348 g/mol. The third kappa shape index (κ3) is 4.37. The van der Waals surface area contributed by atoms with Crippen molar-refractivity contribution in [3.8, 4) is 5.75 Å².